The predicted octanol–water partition coefficient (Wildman–Crippen LogP) is 1.19. The van der Waals surface area contributed by atoms with Gasteiger partial charge in [0.1, 0.15) is 0 Å². The van der Waals surface area contributed by atoms with Crippen molar-refractivity contribution in [2.45, 2.75) is 25.3 Å². The predicted molar refractivity (Wildman–Crippen MR) is 95.5 cm³/mol. The molecule has 1 aromatic heterocycles. The van der Waals surface area contributed by atoms with Crippen LogP contribution in [0.5, 0.6) is 0 Å². The van der Waals surface area contributed by atoms with E-state index < -0.39 is 0 Å². The Morgan fingerprint density at radius 3 is 2.43 bits per heavy atom. The summed E-state index contributed by atoms with van der Waals surface area (Å²) in [6, 6.07) is 0.577. The molecule has 23 heavy (non-hydrogen) atoms. The van der Waals surface area contributed by atoms with Crippen LogP contribution in [-0.4, -0.2) is 71.1 Å². The van der Waals surface area contributed by atoms with Crippen molar-refractivity contribution in [1.82, 2.24) is 24.7 Å². The Kier molecular flexibility index (Phi) is 8.91. The molecule has 1 aromatic rings. The summed E-state index contributed by atoms with van der Waals surface area (Å²) in [6.07, 6.45) is 8.77. The Labute approximate surface area is 150 Å². The Balaban J connectivity index is 0.00000132. The molecule has 1 amide bonds. The van der Waals surface area contributed by atoms with Gasteiger partial charge < -0.3 is 19.7 Å². The summed E-state index contributed by atoms with van der Waals surface area (Å²) in [4.78, 5) is 20.7. The maximum Gasteiger partial charge on any atom is 0.223 e. The number of halogens is 2. The molecular formula is C15H27Cl2N5O. The van der Waals surface area contributed by atoms with Crippen LogP contribution in [0.3, 0.4) is 0 Å². The maximum atomic E-state index is 12.2. The number of piperazine rings is 1. The van der Waals surface area contributed by atoms with E-state index in [4.69, 9.17) is 0 Å². The Morgan fingerprint density at radius 1 is 1.13 bits per heavy atom. The van der Waals surface area contributed by atoms with Gasteiger partial charge in [-0.3, -0.25) is 4.79 Å². The van der Waals surface area contributed by atoms with E-state index >= 15 is 0 Å². The minimum Gasteiger partial charge on any atom is -0.340 e. The summed E-state index contributed by atoms with van der Waals surface area (Å²) < 4.78 is 2.21. The van der Waals surface area contributed by atoms with Gasteiger partial charge in [0, 0.05) is 70.7 Å². The highest BCUT2D eigenvalue weighted by Crippen LogP contribution is 2.22. The first-order chi connectivity index (χ1) is 10.3. The van der Waals surface area contributed by atoms with Crippen molar-refractivity contribution in [3.63, 3.8) is 0 Å². The molecule has 3 rings (SSSR count). The standard InChI is InChI=1S/C15H25N5O.2ClH/c21-15(19-10-4-16-5-11-19)3-9-18-7-1-14(2-8-18)20-12-6-17-13-20;;/h6,12-14,16H,1-5,7-11H2;2*1H. The fourth-order valence-corrected chi connectivity index (χ4v) is 3.25. The van der Waals surface area contributed by atoms with Gasteiger partial charge in [0.05, 0.1) is 6.33 Å². The largest absolute Gasteiger partial charge is 0.340 e. The number of imidazole rings is 1. The van der Waals surface area contributed by atoms with Gasteiger partial charge in [-0.25, -0.2) is 4.98 Å². The van der Waals surface area contributed by atoms with Gasteiger partial charge in [0.2, 0.25) is 5.91 Å². The highest BCUT2D eigenvalue weighted by molar-refractivity contribution is 5.85. The van der Waals surface area contributed by atoms with Crippen LogP contribution < -0.4 is 5.32 Å². The second-order valence-electron chi connectivity index (χ2n) is 5.96. The first-order valence-electron chi connectivity index (χ1n) is 8.01. The summed E-state index contributed by atoms with van der Waals surface area (Å²) in [5, 5.41) is 3.28. The second kappa shape index (κ2) is 10.1. The van der Waals surface area contributed by atoms with Crippen LogP contribution in [0.1, 0.15) is 25.3 Å². The molecule has 2 saturated heterocycles. The van der Waals surface area contributed by atoms with Gasteiger partial charge in [0.25, 0.3) is 0 Å². The van der Waals surface area contributed by atoms with E-state index in [-0.39, 0.29) is 24.8 Å². The van der Waals surface area contributed by atoms with E-state index in [1.54, 1.807) is 0 Å². The van der Waals surface area contributed by atoms with E-state index in [9.17, 15) is 4.79 Å². The normalized spacial score (nSPS) is 19.7. The molecule has 2 aliphatic heterocycles. The number of hydrogen-bond donors (Lipinski definition) is 1. The van der Waals surface area contributed by atoms with E-state index in [0.717, 1.165) is 58.7 Å². The summed E-state index contributed by atoms with van der Waals surface area (Å²) in [7, 11) is 0. The summed E-state index contributed by atoms with van der Waals surface area (Å²) >= 11 is 0. The van der Waals surface area contributed by atoms with Gasteiger partial charge in [0.15, 0.2) is 0 Å². The van der Waals surface area contributed by atoms with Crippen LogP contribution in [-0.2, 0) is 4.79 Å². The molecular weight excluding hydrogens is 337 g/mol. The maximum absolute atomic E-state index is 12.2. The van der Waals surface area contributed by atoms with E-state index in [0.29, 0.717) is 18.4 Å². The van der Waals surface area contributed by atoms with Crippen LogP contribution in [0.15, 0.2) is 18.7 Å². The van der Waals surface area contributed by atoms with Gasteiger partial charge in [-0.2, -0.15) is 0 Å². The molecule has 3 heterocycles. The lowest BCUT2D eigenvalue weighted by Gasteiger charge is -2.33. The molecule has 0 unspecified atom stereocenters. The fourth-order valence-electron chi connectivity index (χ4n) is 3.25. The average Bonchev–Trinajstić information content (AvgIpc) is 3.08. The highest BCUT2D eigenvalue weighted by atomic mass is 35.5. The van der Waals surface area contributed by atoms with Crippen LogP contribution in [0, 0.1) is 0 Å². The van der Waals surface area contributed by atoms with Crippen LogP contribution in [0.2, 0.25) is 0 Å². The molecule has 0 radical (unpaired) electrons. The van der Waals surface area contributed by atoms with Crippen molar-refractivity contribution < 1.29 is 4.79 Å². The Hall–Kier alpha value is -0.820. The number of aromatic nitrogens is 2. The smallest absolute Gasteiger partial charge is 0.223 e. The van der Waals surface area contributed by atoms with Crippen LogP contribution in [0.25, 0.3) is 0 Å². The third kappa shape index (κ3) is 5.64. The van der Waals surface area contributed by atoms with Crippen molar-refractivity contribution in [3.8, 4) is 0 Å². The first-order valence-corrected chi connectivity index (χ1v) is 8.01. The number of likely N-dealkylation sites (tertiary alicyclic amines) is 1. The number of nitrogens with one attached hydrogen (secondary N) is 1. The van der Waals surface area contributed by atoms with Crippen molar-refractivity contribution in [2.24, 2.45) is 0 Å². The number of nitrogens with zero attached hydrogens (tertiary/aromatic N) is 4. The zero-order valence-corrected chi connectivity index (χ0v) is 15.0. The van der Waals surface area contributed by atoms with Crippen molar-refractivity contribution in [1.29, 1.82) is 0 Å². The Bertz CT molecular complexity index is 443. The molecule has 132 valence electrons. The summed E-state index contributed by atoms with van der Waals surface area (Å²) in [5.41, 5.74) is 0. The molecule has 2 fully saturated rings. The van der Waals surface area contributed by atoms with Gasteiger partial charge in [-0.05, 0) is 12.8 Å². The van der Waals surface area contributed by atoms with Crippen LogP contribution >= 0.6 is 24.8 Å². The molecule has 0 aromatic carbocycles. The molecule has 8 heteroatoms. The van der Waals surface area contributed by atoms with Crippen molar-refractivity contribution >= 4 is 30.7 Å². The molecule has 0 bridgehead atoms. The molecule has 0 saturated carbocycles. The van der Waals surface area contributed by atoms with E-state index in [2.05, 4.69) is 19.8 Å². The number of carbonyl (C=O) groups is 1. The van der Waals surface area contributed by atoms with E-state index in [1.165, 1.54) is 0 Å². The lowest BCUT2D eigenvalue weighted by Crippen LogP contribution is -2.47. The summed E-state index contributed by atoms with van der Waals surface area (Å²) in [5.74, 6) is 0.313. The number of hydrogen-bond acceptors (Lipinski definition) is 4. The number of rotatable bonds is 4. The molecule has 2 aliphatic rings. The zero-order chi connectivity index (χ0) is 14.5. The van der Waals surface area contributed by atoms with E-state index in [1.807, 2.05) is 23.6 Å². The lowest BCUT2D eigenvalue weighted by molar-refractivity contribution is -0.132. The minimum absolute atomic E-state index is 0. The highest BCUT2D eigenvalue weighted by Gasteiger charge is 2.22. The third-order valence-electron chi connectivity index (χ3n) is 4.62. The first kappa shape index (κ1) is 20.2. The quantitative estimate of drug-likeness (QED) is 0.872. The molecule has 1 N–H and O–H groups in total. The van der Waals surface area contributed by atoms with Gasteiger partial charge >= 0.3 is 0 Å². The van der Waals surface area contributed by atoms with Gasteiger partial charge in [-0.1, -0.05) is 0 Å². The summed E-state index contributed by atoms with van der Waals surface area (Å²) in [6.45, 7) is 6.65. The molecule has 6 nitrogen and oxygen atoms in total. The lowest BCUT2D eigenvalue weighted by atomic mass is 10.0. The molecule has 0 spiro atoms. The average molecular weight is 364 g/mol. The van der Waals surface area contributed by atoms with Crippen LogP contribution in [0.4, 0.5) is 0 Å². The third-order valence-corrected chi connectivity index (χ3v) is 4.62. The molecule has 0 aliphatic carbocycles. The number of piperidine rings is 1. The SMILES string of the molecule is Cl.Cl.O=C(CCN1CCC(n2ccnc2)CC1)N1CCNCC1. The second-order valence-corrected chi connectivity index (χ2v) is 5.96. The topological polar surface area (TPSA) is 53.4 Å². The van der Waals surface area contributed by atoms with Crippen molar-refractivity contribution in [3.05, 3.63) is 18.7 Å². The Morgan fingerprint density at radius 2 is 1.83 bits per heavy atom. The minimum atomic E-state index is 0. The van der Waals surface area contributed by atoms with Crippen molar-refractivity contribution in [2.75, 3.05) is 45.8 Å². The fraction of sp³-hybridized carbons (Fsp3) is 0.733. The number of carbonyl (C=O) groups excluding carboxylic acids is 1. The zero-order valence-electron chi connectivity index (χ0n) is 13.4. The monoisotopic (exact) mass is 363 g/mol. The molecule has 0 atom stereocenters. The number of amides is 1. The van der Waals surface area contributed by atoms with Gasteiger partial charge in [-0.15, -0.1) is 24.8 Å².